The molecule has 0 aromatic heterocycles. The van der Waals surface area contributed by atoms with Crippen LogP contribution in [0.4, 0.5) is 0 Å². The number of methoxy groups -OCH3 is 3. The van der Waals surface area contributed by atoms with Crippen molar-refractivity contribution < 1.29 is 137 Å². The maximum atomic E-state index is 11.7. The first kappa shape index (κ1) is 50.8. The largest absolute Gasteiger partial charge is 0.387 e. The van der Waals surface area contributed by atoms with E-state index in [-0.39, 0.29) is 39.6 Å². The summed E-state index contributed by atoms with van der Waals surface area (Å²) in [5.41, 5.74) is 0. The smallest absolute Gasteiger partial charge is 0.187 e. The number of ether oxygens (including phenoxy) is 17. The highest BCUT2D eigenvalue weighted by atomic mass is 16.8. The first-order valence-electron chi connectivity index (χ1n) is 22.1. The molecule has 9 heterocycles. The average Bonchev–Trinajstić information content (AvgIpc) is 3.89. The first-order chi connectivity index (χ1) is 32.1. The van der Waals surface area contributed by atoms with Crippen molar-refractivity contribution in [1.82, 2.24) is 0 Å². The minimum Gasteiger partial charge on any atom is -0.387 e. The van der Waals surface area contributed by atoms with Gasteiger partial charge in [0.15, 0.2) is 37.7 Å². The molecule has 9 aliphatic heterocycles. The van der Waals surface area contributed by atoms with Crippen LogP contribution in [0, 0.1) is 0 Å². The van der Waals surface area contributed by atoms with Crippen LogP contribution in [0.3, 0.4) is 0 Å². The highest BCUT2D eigenvalue weighted by Gasteiger charge is 2.61. The lowest BCUT2D eigenvalue weighted by Gasteiger charge is -2.48. The number of fused-ring (bicyclic) bond motifs is 6. The molecule has 0 aromatic carbocycles. The molecule has 28 heteroatoms. The van der Waals surface area contributed by atoms with E-state index >= 15 is 0 Å². The summed E-state index contributed by atoms with van der Waals surface area (Å²) in [7, 11) is 4.05. The Morgan fingerprint density at radius 2 is 0.657 bits per heavy atom. The minimum atomic E-state index is -1.80. The van der Waals surface area contributed by atoms with E-state index in [4.69, 9.17) is 80.5 Å². The summed E-state index contributed by atoms with van der Waals surface area (Å²) in [6.45, 7) is -0.858. The van der Waals surface area contributed by atoms with Gasteiger partial charge >= 0.3 is 0 Å². The van der Waals surface area contributed by atoms with Crippen molar-refractivity contribution in [1.29, 1.82) is 0 Å². The van der Waals surface area contributed by atoms with Crippen LogP contribution in [0.2, 0.25) is 0 Å². The molecule has 0 aliphatic carbocycles. The van der Waals surface area contributed by atoms with Crippen LogP contribution in [0.25, 0.3) is 0 Å². The zero-order valence-electron chi connectivity index (χ0n) is 36.4. The molecule has 9 fully saturated rings. The Labute approximate surface area is 381 Å². The first-order valence-corrected chi connectivity index (χ1v) is 22.1. The summed E-state index contributed by atoms with van der Waals surface area (Å²) in [6.07, 6.45) is -41.6. The van der Waals surface area contributed by atoms with E-state index < -0.39 is 184 Å². The molecular formula is C39H62O28. The van der Waals surface area contributed by atoms with Gasteiger partial charge in [-0.1, -0.05) is 0 Å². The molecule has 11 N–H and O–H groups in total. The van der Waals surface area contributed by atoms with Gasteiger partial charge in [-0.15, -0.1) is 0 Å². The second-order valence-electron chi connectivity index (χ2n) is 17.9. The van der Waals surface area contributed by atoms with Gasteiger partial charge in [0, 0.05) is 21.3 Å². The van der Waals surface area contributed by atoms with Crippen LogP contribution in [0.1, 0.15) is 0 Å². The van der Waals surface area contributed by atoms with Crippen molar-refractivity contribution >= 4 is 0 Å². The van der Waals surface area contributed by atoms with Crippen molar-refractivity contribution in [3.05, 3.63) is 0 Å². The maximum absolute atomic E-state index is 11.7. The Morgan fingerprint density at radius 1 is 0.328 bits per heavy atom. The van der Waals surface area contributed by atoms with Crippen LogP contribution in [-0.2, 0) is 80.5 Å². The van der Waals surface area contributed by atoms with Crippen molar-refractivity contribution in [2.24, 2.45) is 0 Å². The van der Waals surface area contributed by atoms with Gasteiger partial charge in [0.05, 0.1) is 39.6 Å². The summed E-state index contributed by atoms with van der Waals surface area (Å²) < 4.78 is 97.5. The normalized spacial score (nSPS) is 55.3. The number of hydrogen-bond acceptors (Lipinski definition) is 28. The quantitative estimate of drug-likeness (QED) is 0.0684. The summed E-state index contributed by atoms with van der Waals surface area (Å²) in [5.74, 6) is 0. The van der Waals surface area contributed by atoms with Crippen molar-refractivity contribution in [2.45, 2.75) is 184 Å². The van der Waals surface area contributed by atoms with Crippen LogP contribution >= 0.6 is 0 Å². The van der Waals surface area contributed by atoms with E-state index in [0.29, 0.717) is 0 Å². The van der Waals surface area contributed by atoms with E-state index in [2.05, 4.69) is 0 Å². The number of hydrogen-bond donors (Lipinski definition) is 11. The SMILES string of the molecule is COCC1OC(O)C(O)C(OC2OC3COC(C2O)C3OC2OC(COC)C(O)C(OC3OC4COC(C3O)C4OC3OC(COC)C(O)C(OC4OC5COC(C5O)C4O)C3O)C2O)C1O. The number of aliphatic hydroxyl groups is 11. The van der Waals surface area contributed by atoms with Gasteiger partial charge in [0.2, 0.25) is 0 Å². The highest BCUT2D eigenvalue weighted by Crippen LogP contribution is 2.41. The average molecular weight is 979 g/mol. The van der Waals surface area contributed by atoms with Crippen molar-refractivity contribution in [3.63, 3.8) is 0 Å². The topological polar surface area (TPSA) is 379 Å². The van der Waals surface area contributed by atoms with E-state index in [9.17, 15) is 56.2 Å². The molecular weight excluding hydrogens is 916 g/mol. The standard InChI is InChI=1S/C39H62O28/c1-51-4-10-17(41)29(20(44)34(50)57-10)65-38-24(48)32-26(14(61-38)8-55-32)63-37-23(47)31(19(43)12(59-37)6-53-3)67-39-25(49)33-27(15(62-39)9-56-33)64-36-22(46)30(18(42)11(58-36)5-52-2)66-35-21(45)28-16(40)13(60-35)7-54-28/h10-50H,4-9H2,1-3H3. The van der Waals surface area contributed by atoms with Crippen LogP contribution in [0.15, 0.2) is 0 Å². The van der Waals surface area contributed by atoms with Gasteiger partial charge in [-0.3, -0.25) is 0 Å². The van der Waals surface area contributed by atoms with Gasteiger partial charge in [0.25, 0.3) is 0 Å². The summed E-state index contributed by atoms with van der Waals surface area (Å²) in [4.78, 5) is 0. The molecule has 30 atom stereocenters. The zero-order valence-corrected chi connectivity index (χ0v) is 36.4. The summed E-state index contributed by atoms with van der Waals surface area (Å²) >= 11 is 0. The molecule has 9 rings (SSSR count). The van der Waals surface area contributed by atoms with Gasteiger partial charge in [-0.2, -0.15) is 0 Å². The molecule has 6 bridgehead atoms. The molecule has 0 saturated carbocycles. The fraction of sp³-hybridized carbons (Fsp3) is 1.00. The zero-order chi connectivity index (χ0) is 47.6. The third-order valence-electron chi connectivity index (χ3n) is 13.6. The van der Waals surface area contributed by atoms with E-state index in [1.54, 1.807) is 0 Å². The lowest BCUT2D eigenvalue weighted by molar-refractivity contribution is -0.381. The Hall–Kier alpha value is -1.12. The Bertz CT molecular complexity index is 1610. The second-order valence-corrected chi connectivity index (χ2v) is 17.9. The summed E-state index contributed by atoms with van der Waals surface area (Å²) in [5, 5.41) is 121. The molecule has 28 nitrogen and oxygen atoms in total. The maximum Gasteiger partial charge on any atom is 0.187 e. The Balaban J connectivity index is 0.842. The second kappa shape index (κ2) is 21.2. The molecule has 67 heavy (non-hydrogen) atoms. The fourth-order valence-corrected chi connectivity index (χ4v) is 10.1. The number of aliphatic hydroxyl groups excluding tert-OH is 11. The van der Waals surface area contributed by atoms with Gasteiger partial charge in [-0.25, -0.2) is 0 Å². The van der Waals surface area contributed by atoms with E-state index in [1.807, 2.05) is 0 Å². The highest BCUT2D eigenvalue weighted by molar-refractivity contribution is 5.03. The lowest BCUT2D eigenvalue weighted by Crippen LogP contribution is -2.66. The third kappa shape index (κ3) is 9.67. The van der Waals surface area contributed by atoms with Gasteiger partial charge in [-0.05, 0) is 0 Å². The van der Waals surface area contributed by atoms with Crippen LogP contribution in [0.5, 0.6) is 0 Å². The molecule has 0 aromatic rings. The fourth-order valence-electron chi connectivity index (χ4n) is 10.1. The molecule has 386 valence electrons. The molecule has 0 amide bonds. The predicted octanol–water partition coefficient (Wildman–Crippen LogP) is -9.00. The predicted molar refractivity (Wildman–Crippen MR) is 203 cm³/mol. The molecule has 0 spiro atoms. The van der Waals surface area contributed by atoms with Crippen LogP contribution in [-0.4, -0.2) is 301 Å². The molecule has 9 aliphatic rings. The molecule has 0 radical (unpaired) electrons. The third-order valence-corrected chi connectivity index (χ3v) is 13.6. The van der Waals surface area contributed by atoms with Crippen molar-refractivity contribution in [2.75, 3.05) is 61.0 Å². The monoisotopic (exact) mass is 978 g/mol. The van der Waals surface area contributed by atoms with Gasteiger partial charge < -0.3 is 137 Å². The number of rotatable bonds is 16. The van der Waals surface area contributed by atoms with Gasteiger partial charge in [0.1, 0.15) is 146 Å². The minimum absolute atomic E-state index is 0.0108. The van der Waals surface area contributed by atoms with E-state index in [0.717, 1.165) is 0 Å². The van der Waals surface area contributed by atoms with Crippen LogP contribution < -0.4 is 0 Å². The Kier molecular flexibility index (Phi) is 16.0. The molecule has 9 saturated heterocycles. The Morgan fingerprint density at radius 3 is 1.09 bits per heavy atom. The summed E-state index contributed by atoms with van der Waals surface area (Å²) in [6, 6.07) is 0. The van der Waals surface area contributed by atoms with E-state index in [1.165, 1.54) is 21.3 Å². The van der Waals surface area contributed by atoms with Crippen molar-refractivity contribution in [3.8, 4) is 0 Å². The molecule has 30 unspecified atom stereocenters. The lowest BCUT2D eigenvalue weighted by atomic mass is 9.96.